The van der Waals surface area contributed by atoms with Gasteiger partial charge < -0.3 is 24.0 Å². The Morgan fingerprint density at radius 2 is 0.655 bits per heavy atom. The van der Waals surface area contributed by atoms with Gasteiger partial charge >= 0.3 is 143 Å². The van der Waals surface area contributed by atoms with E-state index < -0.39 is 16.1 Å². The van der Waals surface area contributed by atoms with E-state index in [0.29, 0.717) is 15.0 Å². The summed E-state index contributed by atoms with van der Waals surface area (Å²) in [7, 11) is 15.5. The summed E-state index contributed by atoms with van der Waals surface area (Å²) in [5, 5.41) is 5.77. The van der Waals surface area contributed by atoms with Crippen molar-refractivity contribution in [3.05, 3.63) is 420 Å². The first-order valence-electron chi connectivity index (χ1n) is 50.2. The molecule has 6 aliphatic rings. The van der Waals surface area contributed by atoms with Crippen molar-refractivity contribution >= 4 is 94.9 Å². The molecule has 18 aromatic rings. The zero-order valence-corrected chi connectivity index (χ0v) is 92.3. The summed E-state index contributed by atoms with van der Waals surface area (Å²) < 4.78 is 34.3. The van der Waals surface area contributed by atoms with Crippen LogP contribution in [-0.4, -0.2) is 62.2 Å². The fourth-order valence-electron chi connectivity index (χ4n) is 22.5. The molecule has 0 radical (unpaired) electrons. The minimum Gasteiger partial charge on any atom is -0.458 e. The molecule has 1 aliphatic carbocycles. The van der Waals surface area contributed by atoms with E-state index in [1.54, 1.807) is 6.20 Å². The molecule has 5 aliphatic heterocycles. The van der Waals surface area contributed by atoms with Gasteiger partial charge in [-0.3, -0.25) is 9.97 Å². The van der Waals surface area contributed by atoms with Crippen LogP contribution in [-0.2, 0) is 58.5 Å². The van der Waals surface area contributed by atoms with Crippen molar-refractivity contribution in [2.75, 3.05) is 35.8 Å². The molecule has 14 nitrogen and oxygen atoms in total. The molecule has 0 spiro atoms. The van der Waals surface area contributed by atoms with Gasteiger partial charge in [0.1, 0.15) is 62.9 Å². The summed E-state index contributed by atoms with van der Waals surface area (Å²) in [5.41, 5.74) is 39.1. The molecule has 0 atom stereocenters. The van der Waals surface area contributed by atoms with Gasteiger partial charge in [0.25, 0.3) is 0 Å². The number of para-hydroxylation sites is 6. The predicted molar refractivity (Wildman–Crippen MR) is 600 cm³/mol. The van der Waals surface area contributed by atoms with E-state index in [2.05, 4.69) is 487 Å². The molecule has 0 bridgehead atoms. The first kappa shape index (κ1) is 98.9. The number of pyridine rings is 4. The minimum absolute atomic E-state index is 0.00273. The zero-order valence-electron chi connectivity index (χ0n) is 88.5. The predicted octanol–water partition coefficient (Wildman–Crippen LogP) is 22.5. The Balaban J connectivity index is 0.000000110. The molecule has 726 valence electrons. The topological polar surface area (TPSA) is 86.5 Å². The van der Waals surface area contributed by atoms with E-state index in [4.69, 9.17) is 14.2 Å². The van der Waals surface area contributed by atoms with Gasteiger partial charge in [-0.15, -0.1) is 0 Å². The fraction of sp³-hybridized carbons (Fsp3) is 0.219. The number of aromatic nitrogens is 8. The summed E-state index contributed by atoms with van der Waals surface area (Å²) >= 11 is 0.355. The molecular formula is C128H133N11O3SeSi2+6. The maximum absolute atomic E-state index is 6.28. The second kappa shape index (κ2) is 39.4. The smallest absolute Gasteiger partial charge is 0.234 e. The normalized spacial score (nSPS) is 14.3. The Kier molecular flexibility index (Phi) is 26.8. The molecule has 24 rings (SSSR count). The number of hydrogen-bond donors (Lipinski definition) is 0. The Morgan fingerprint density at radius 3 is 1.21 bits per heavy atom. The third-order valence-corrected chi connectivity index (χ3v) is 40.2. The summed E-state index contributed by atoms with van der Waals surface area (Å²) in [6.07, 6.45) is 19.8. The van der Waals surface area contributed by atoms with Crippen LogP contribution in [0.2, 0.25) is 26.2 Å². The van der Waals surface area contributed by atoms with E-state index in [-0.39, 0.29) is 16.2 Å². The number of nitrogens with zero attached hydrogens (tertiary/aromatic N) is 11. The molecule has 0 saturated carbocycles. The molecule has 12 aromatic carbocycles. The van der Waals surface area contributed by atoms with Gasteiger partial charge in [0.05, 0.1) is 35.9 Å². The van der Waals surface area contributed by atoms with Gasteiger partial charge in [0.2, 0.25) is 28.5 Å². The molecule has 0 amide bonds. The third kappa shape index (κ3) is 18.2. The Labute approximate surface area is 865 Å². The molecule has 0 N–H and O–H groups in total. The van der Waals surface area contributed by atoms with Gasteiger partial charge in [-0.25, -0.2) is 13.7 Å². The average Bonchev–Trinajstić information content (AvgIpc) is 0.723. The standard InChI is InChI=1S/C25H28N.C23H25N2.C22H25N2Si.C20H21N2OSi.C20H19N2Se.C18H15N2O2/c1-17-15-21-22(16-18(17)23-13-9-10-14-26(23)6)25(4,5)20-12-8-7-11-19(20)24(21,2)3;1-16-14-22-19(15-17(16)20-11-8-9-13-24(20)4)23(2,3)18-10-6-7-12-21(18)25(22)5;1-16-14-20-22(15-17(16)18-10-8-9-13-23(18)2)25(4,5)21-12-7-6-11-19(21)24(20)3;1-14-9-10-17-20(19(14)15-13-21-11-12-22(15)2)24(3,4)18-8-6-5-7-16(18)23-17;1-14-12-18-20(13-15(14)16-8-6-7-11-21(16)2)23-19-10-5-4-9-17(19)22(18)3;1-12-7-8-16-18(17(12)13-11-19-9-10-20(13)2)22-15-6-4-3-5-14(15)21-16/h7-16H,1-6H3;2*6-15H,1-5H3;5-13H,1-4H3;4-13H,1-3H3;3-11H,1-2H3/q6*+1. The monoisotopic (exact) mass is 2010 g/mol. The van der Waals surface area contributed by atoms with Crippen molar-refractivity contribution in [3.8, 4) is 102 Å². The number of fused-ring (bicyclic) bond motifs is 12. The van der Waals surface area contributed by atoms with Crippen LogP contribution >= 0.6 is 0 Å². The average molecular weight is 2010 g/mol. The van der Waals surface area contributed by atoms with Crippen molar-refractivity contribution in [2.45, 2.75) is 126 Å². The van der Waals surface area contributed by atoms with E-state index in [1.807, 2.05) is 85.1 Å². The maximum Gasteiger partial charge on any atom is 0.234 e. The number of anilines is 6. The van der Waals surface area contributed by atoms with Crippen molar-refractivity contribution in [3.63, 3.8) is 0 Å². The molecule has 11 heterocycles. The number of rotatable bonds is 6. The van der Waals surface area contributed by atoms with Crippen LogP contribution in [0.25, 0.3) is 67.5 Å². The van der Waals surface area contributed by atoms with Crippen molar-refractivity contribution in [2.24, 2.45) is 42.3 Å². The largest absolute Gasteiger partial charge is 0.458 e. The van der Waals surface area contributed by atoms with Crippen molar-refractivity contribution < 1.29 is 41.6 Å². The summed E-state index contributed by atoms with van der Waals surface area (Å²) in [6.45, 7) is 37.0. The molecule has 17 heteroatoms. The second-order valence-electron chi connectivity index (χ2n) is 42.1. The second-order valence-corrected chi connectivity index (χ2v) is 53.0. The summed E-state index contributed by atoms with van der Waals surface area (Å²) in [6, 6.07) is 105. The molecular weight excluding hydrogens is 1870 g/mol. The van der Waals surface area contributed by atoms with Crippen LogP contribution in [0.3, 0.4) is 0 Å². The summed E-state index contributed by atoms with van der Waals surface area (Å²) in [5.74, 6) is 4.93. The van der Waals surface area contributed by atoms with Crippen LogP contribution in [0.4, 0.5) is 34.1 Å². The van der Waals surface area contributed by atoms with E-state index in [9.17, 15) is 0 Å². The van der Waals surface area contributed by atoms with Crippen LogP contribution in [0.5, 0.6) is 34.5 Å². The van der Waals surface area contributed by atoms with E-state index in [1.165, 1.54) is 176 Å². The Hall–Kier alpha value is -14.8. The van der Waals surface area contributed by atoms with Gasteiger partial charge in [0.15, 0.2) is 54.0 Å². The van der Waals surface area contributed by atoms with Crippen molar-refractivity contribution in [1.29, 1.82) is 0 Å². The number of aryl methyl sites for hydroxylation is 12. The van der Waals surface area contributed by atoms with Crippen molar-refractivity contribution in [1.82, 2.24) is 9.97 Å². The maximum atomic E-state index is 6.28. The molecule has 145 heavy (non-hydrogen) atoms. The SMILES string of the molecule is Cc1cc2c(cc1-c1cccc[n+]1C)C(C)(C)c1ccccc1C2(C)C.Cc1cc2c(cc1-c1cccc[n+]1C)C(C)(C)c1ccccc1N2C.Cc1cc2c(cc1-c1cccc[n+]1C)[Se]c1ccccc1N2C.Cc1cc2c(cc1-c1cccc[n+]1C)[Si](C)(C)c1ccccc1N2C.Cc1ccc2c(c1-c1cncc[n+]1C)Oc1ccccc1O2.Cc1ccc2c(c1-c1cncc[n+]1C)[Si](C)(C)c1ccccc1O2. The van der Waals surface area contributed by atoms with Crippen LogP contribution in [0.1, 0.15) is 108 Å². The zero-order chi connectivity index (χ0) is 102. The number of benzene rings is 12. The molecule has 0 unspecified atom stereocenters. The summed E-state index contributed by atoms with van der Waals surface area (Å²) in [4.78, 5) is 15.6. The minimum atomic E-state index is -1.88. The van der Waals surface area contributed by atoms with Gasteiger partial charge in [-0.1, -0.05) is 177 Å². The quantitative estimate of drug-likeness (QED) is 0.120. The van der Waals surface area contributed by atoms with Crippen LogP contribution in [0.15, 0.2) is 353 Å². The number of hydrogen-bond acceptors (Lipinski definition) is 8. The first-order chi connectivity index (χ1) is 69.4. The van der Waals surface area contributed by atoms with Crippen LogP contribution < -0.4 is 86.0 Å². The molecule has 6 aromatic heterocycles. The molecule has 0 saturated heterocycles. The third-order valence-electron chi connectivity index (χ3n) is 30.9. The van der Waals surface area contributed by atoms with E-state index in [0.717, 1.165) is 57.0 Å². The first-order valence-corrected chi connectivity index (χ1v) is 57.9. The fourth-order valence-corrected chi connectivity index (χ4v) is 31.2. The van der Waals surface area contributed by atoms with Gasteiger partial charge in [-0.05, 0) is 202 Å². The van der Waals surface area contributed by atoms with Gasteiger partial charge in [0, 0.05) is 111 Å². The van der Waals surface area contributed by atoms with E-state index >= 15 is 0 Å². The Bertz CT molecular complexity index is 7960. The molecule has 0 fully saturated rings. The van der Waals surface area contributed by atoms with Gasteiger partial charge in [-0.2, -0.15) is 9.13 Å². The van der Waals surface area contributed by atoms with Crippen LogP contribution in [0, 0.1) is 41.5 Å². The number of ether oxygens (including phenoxy) is 3. The Morgan fingerprint density at radius 1 is 0.269 bits per heavy atom.